The molecule has 6 heteroatoms. The van der Waals surface area contributed by atoms with Crippen LogP contribution in [0.3, 0.4) is 0 Å². The highest BCUT2D eigenvalue weighted by molar-refractivity contribution is 7.92. The Hall–Kier alpha value is -2.08. The van der Waals surface area contributed by atoms with E-state index in [2.05, 4.69) is 9.71 Å². The Morgan fingerprint density at radius 2 is 1.89 bits per heavy atom. The van der Waals surface area contributed by atoms with Crippen LogP contribution in [0.4, 0.5) is 11.5 Å². The minimum atomic E-state index is -3.61. The van der Waals surface area contributed by atoms with Gasteiger partial charge in [0.25, 0.3) is 10.0 Å². The zero-order valence-electron chi connectivity index (χ0n) is 9.79. The lowest BCUT2D eigenvalue weighted by atomic mass is 10.2. The molecule has 5 nitrogen and oxygen atoms in total. The van der Waals surface area contributed by atoms with E-state index in [4.69, 9.17) is 5.73 Å². The highest BCUT2D eigenvalue weighted by Crippen LogP contribution is 2.18. The van der Waals surface area contributed by atoms with E-state index < -0.39 is 10.0 Å². The summed E-state index contributed by atoms with van der Waals surface area (Å²) in [6.45, 7) is 1.74. The number of sulfonamides is 1. The zero-order chi connectivity index (χ0) is 13.2. The second-order valence-corrected chi connectivity index (χ2v) is 5.50. The fourth-order valence-electron chi connectivity index (χ4n) is 1.52. The van der Waals surface area contributed by atoms with Crippen molar-refractivity contribution in [1.82, 2.24) is 4.98 Å². The summed E-state index contributed by atoms with van der Waals surface area (Å²) >= 11 is 0. The van der Waals surface area contributed by atoms with Crippen molar-refractivity contribution >= 4 is 21.5 Å². The van der Waals surface area contributed by atoms with Gasteiger partial charge in [-0.1, -0.05) is 18.2 Å². The largest absolute Gasteiger partial charge is 0.397 e. The molecule has 0 fully saturated rings. The fourth-order valence-corrected chi connectivity index (χ4v) is 2.77. The van der Waals surface area contributed by atoms with E-state index >= 15 is 0 Å². The number of rotatable bonds is 3. The zero-order valence-corrected chi connectivity index (χ0v) is 10.6. The summed E-state index contributed by atoms with van der Waals surface area (Å²) in [7, 11) is -3.61. The van der Waals surface area contributed by atoms with Crippen molar-refractivity contribution in [2.45, 2.75) is 11.8 Å². The van der Waals surface area contributed by atoms with Gasteiger partial charge in [0.1, 0.15) is 5.82 Å². The first-order chi connectivity index (χ1) is 8.49. The minimum Gasteiger partial charge on any atom is -0.397 e. The molecule has 0 atom stereocenters. The van der Waals surface area contributed by atoms with Gasteiger partial charge in [0, 0.05) is 0 Å². The van der Waals surface area contributed by atoms with Crippen LogP contribution in [0.15, 0.2) is 47.5 Å². The molecule has 1 aromatic heterocycles. The van der Waals surface area contributed by atoms with Gasteiger partial charge in [-0.25, -0.2) is 13.4 Å². The van der Waals surface area contributed by atoms with Gasteiger partial charge in [0.05, 0.1) is 16.8 Å². The molecule has 1 aromatic carbocycles. The number of nitrogen functional groups attached to an aromatic ring is 1. The van der Waals surface area contributed by atoms with Crippen molar-refractivity contribution < 1.29 is 8.42 Å². The van der Waals surface area contributed by atoms with Crippen molar-refractivity contribution in [3.05, 3.63) is 48.2 Å². The normalized spacial score (nSPS) is 11.2. The molecule has 2 aromatic rings. The average Bonchev–Trinajstić information content (AvgIpc) is 2.32. The maximum Gasteiger partial charge on any atom is 0.263 e. The lowest BCUT2D eigenvalue weighted by molar-refractivity contribution is 0.600. The maximum atomic E-state index is 12.1. The number of pyridine rings is 1. The Balaban J connectivity index is 2.33. The third-order valence-corrected chi connectivity index (χ3v) is 3.92. The van der Waals surface area contributed by atoms with Crippen molar-refractivity contribution in [1.29, 1.82) is 0 Å². The van der Waals surface area contributed by atoms with E-state index in [1.54, 1.807) is 37.3 Å². The lowest BCUT2D eigenvalue weighted by Crippen LogP contribution is -2.15. The quantitative estimate of drug-likeness (QED) is 0.883. The summed E-state index contributed by atoms with van der Waals surface area (Å²) in [6, 6.07) is 9.86. The van der Waals surface area contributed by atoms with E-state index in [0.717, 1.165) is 0 Å². The van der Waals surface area contributed by atoms with Gasteiger partial charge < -0.3 is 5.73 Å². The summed E-state index contributed by atoms with van der Waals surface area (Å²) in [6.07, 6.45) is 1.40. The van der Waals surface area contributed by atoms with Crippen LogP contribution in [0, 0.1) is 6.92 Å². The number of aromatic nitrogens is 1. The first-order valence-corrected chi connectivity index (χ1v) is 6.77. The molecule has 0 aliphatic rings. The smallest absolute Gasteiger partial charge is 0.263 e. The Kier molecular flexibility index (Phi) is 3.20. The van der Waals surface area contributed by atoms with Gasteiger partial charge in [-0.15, -0.1) is 0 Å². The van der Waals surface area contributed by atoms with E-state index in [1.807, 2.05) is 0 Å². The molecule has 0 saturated carbocycles. The predicted octanol–water partition coefficient (Wildman–Crippen LogP) is 1.77. The van der Waals surface area contributed by atoms with Crippen LogP contribution in [-0.4, -0.2) is 13.4 Å². The molecule has 18 heavy (non-hydrogen) atoms. The van der Waals surface area contributed by atoms with Crippen LogP contribution in [0.2, 0.25) is 0 Å². The molecule has 0 spiro atoms. The number of nitrogens with zero attached hydrogens (tertiary/aromatic N) is 1. The molecular weight excluding hydrogens is 250 g/mol. The van der Waals surface area contributed by atoms with E-state index in [1.165, 1.54) is 12.3 Å². The molecule has 0 aliphatic carbocycles. The van der Waals surface area contributed by atoms with E-state index in [9.17, 15) is 8.42 Å². The molecule has 3 N–H and O–H groups in total. The van der Waals surface area contributed by atoms with Crippen LogP contribution in [0.5, 0.6) is 0 Å². The Bertz CT molecular complexity index is 651. The van der Waals surface area contributed by atoms with Crippen LogP contribution in [-0.2, 0) is 10.0 Å². The van der Waals surface area contributed by atoms with Gasteiger partial charge in [-0.3, -0.25) is 4.72 Å². The Labute approximate surface area is 106 Å². The summed E-state index contributed by atoms with van der Waals surface area (Å²) < 4.78 is 26.7. The molecule has 0 radical (unpaired) electrons. The molecule has 0 unspecified atom stereocenters. The molecule has 0 saturated heterocycles. The third-order valence-electron chi connectivity index (χ3n) is 2.41. The molecule has 0 aliphatic heterocycles. The lowest BCUT2D eigenvalue weighted by Gasteiger charge is -2.09. The van der Waals surface area contributed by atoms with E-state index in [0.29, 0.717) is 11.3 Å². The standard InChI is InChI=1S/C12H13N3O2S/c1-9-4-2-3-5-11(9)18(16,17)15-12-7-6-10(13)8-14-12/h2-8H,13H2,1H3,(H,14,15). The van der Waals surface area contributed by atoms with Crippen LogP contribution < -0.4 is 10.5 Å². The average molecular weight is 263 g/mol. The monoisotopic (exact) mass is 263 g/mol. The van der Waals surface area contributed by atoms with Crippen molar-refractivity contribution in [2.75, 3.05) is 10.5 Å². The maximum absolute atomic E-state index is 12.1. The molecular formula is C12H13N3O2S. The van der Waals surface area contributed by atoms with Gasteiger partial charge in [0.2, 0.25) is 0 Å². The summed E-state index contributed by atoms with van der Waals surface area (Å²) in [5, 5.41) is 0. The van der Waals surface area contributed by atoms with Gasteiger partial charge in [0.15, 0.2) is 0 Å². The van der Waals surface area contributed by atoms with Crippen molar-refractivity contribution in [3.63, 3.8) is 0 Å². The molecule has 2 rings (SSSR count). The highest BCUT2D eigenvalue weighted by Gasteiger charge is 2.16. The Morgan fingerprint density at radius 3 is 2.50 bits per heavy atom. The van der Waals surface area contributed by atoms with Crippen LogP contribution >= 0.6 is 0 Å². The third kappa shape index (κ3) is 2.60. The number of nitrogens with one attached hydrogen (secondary N) is 1. The van der Waals surface area contributed by atoms with Crippen LogP contribution in [0.1, 0.15) is 5.56 Å². The molecule has 0 bridgehead atoms. The number of hydrogen-bond donors (Lipinski definition) is 2. The number of benzene rings is 1. The number of nitrogens with two attached hydrogens (primary N) is 1. The Morgan fingerprint density at radius 1 is 1.17 bits per heavy atom. The van der Waals surface area contributed by atoms with Crippen molar-refractivity contribution in [3.8, 4) is 0 Å². The van der Waals surface area contributed by atoms with Crippen molar-refractivity contribution in [2.24, 2.45) is 0 Å². The molecule has 1 heterocycles. The highest BCUT2D eigenvalue weighted by atomic mass is 32.2. The van der Waals surface area contributed by atoms with Gasteiger partial charge in [-0.05, 0) is 30.7 Å². The predicted molar refractivity (Wildman–Crippen MR) is 70.6 cm³/mol. The number of hydrogen-bond acceptors (Lipinski definition) is 4. The summed E-state index contributed by atoms with van der Waals surface area (Å²) in [5.74, 6) is 0.243. The number of aryl methyl sites for hydroxylation is 1. The van der Waals surface area contributed by atoms with Gasteiger partial charge >= 0.3 is 0 Å². The van der Waals surface area contributed by atoms with E-state index in [-0.39, 0.29) is 10.7 Å². The topological polar surface area (TPSA) is 85.1 Å². The summed E-state index contributed by atoms with van der Waals surface area (Å²) in [4.78, 5) is 4.14. The second kappa shape index (κ2) is 4.66. The molecule has 0 amide bonds. The van der Waals surface area contributed by atoms with Crippen LogP contribution in [0.25, 0.3) is 0 Å². The molecule has 94 valence electrons. The first-order valence-electron chi connectivity index (χ1n) is 5.29. The minimum absolute atomic E-state index is 0.239. The summed E-state index contributed by atoms with van der Waals surface area (Å²) in [5.41, 5.74) is 6.65. The fraction of sp³-hybridized carbons (Fsp3) is 0.0833. The SMILES string of the molecule is Cc1ccccc1S(=O)(=O)Nc1ccc(N)cn1. The first kappa shape index (κ1) is 12.4. The number of anilines is 2. The second-order valence-electron chi connectivity index (χ2n) is 3.85. The van der Waals surface area contributed by atoms with Gasteiger partial charge in [-0.2, -0.15) is 0 Å².